The summed E-state index contributed by atoms with van der Waals surface area (Å²) in [6, 6.07) is 5.55. The van der Waals surface area contributed by atoms with Gasteiger partial charge < -0.3 is 19.7 Å². The molecule has 3 aromatic rings. The van der Waals surface area contributed by atoms with Crippen LogP contribution in [0.25, 0.3) is 10.9 Å². The summed E-state index contributed by atoms with van der Waals surface area (Å²) in [6.07, 6.45) is 1.20. The number of nitrogens with one attached hydrogen (secondary N) is 3. The Bertz CT molecular complexity index is 1280. The van der Waals surface area contributed by atoms with E-state index < -0.39 is 10.0 Å². The van der Waals surface area contributed by atoms with Gasteiger partial charge in [-0.3, -0.25) is 5.10 Å². The SMILES string of the molecule is COc1cc2nc(N3C[C@@H]4C(NS(C)(=O)=O)[C@@H]4C3)nc(Nc3cc(C)[nH]n3)c2cc1OC. The molecule has 0 radical (unpaired) electrons. The third-order valence-electron chi connectivity index (χ3n) is 5.97. The molecule has 1 aromatic carbocycles. The van der Waals surface area contributed by atoms with Crippen LogP contribution in [-0.2, 0) is 10.0 Å². The summed E-state index contributed by atoms with van der Waals surface area (Å²) in [5.74, 6) is 3.50. The Morgan fingerprint density at radius 1 is 1.09 bits per heavy atom. The molecule has 1 saturated heterocycles. The Morgan fingerprint density at radius 2 is 1.78 bits per heavy atom. The van der Waals surface area contributed by atoms with E-state index in [4.69, 9.17) is 19.4 Å². The van der Waals surface area contributed by atoms with E-state index in [1.54, 1.807) is 14.2 Å². The van der Waals surface area contributed by atoms with Gasteiger partial charge in [-0.2, -0.15) is 10.1 Å². The van der Waals surface area contributed by atoms with Crippen LogP contribution in [-0.4, -0.2) is 68.2 Å². The van der Waals surface area contributed by atoms with Crippen molar-refractivity contribution < 1.29 is 17.9 Å². The molecular formula is C20H25N7O4S. The van der Waals surface area contributed by atoms with Crippen molar-refractivity contribution in [3.8, 4) is 11.5 Å². The number of methoxy groups -OCH3 is 2. The van der Waals surface area contributed by atoms with E-state index >= 15 is 0 Å². The summed E-state index contributed by atoms with van der Waals surface area (Å²) in [6.45, 7) is 3.31. The van der Waals surface area contributed by atoms with Crippen LogP contribution < -0.4 is 24.4 Å². The van der Waals surface area contributed by atoms with Crippen molar-refractivity contribution in [1.29, 1.82) is 0 Å². The molecule has 0 amide bonds. The van der Waals surface area contributed by atoms with Gasteiger partial charge in [-0.1, -0.05) is 0 Å². The smallest absolute Gasteiger partial charge is 0.227 e. The number of H-pyrrole nitrogens is 1. The highest BCUT2D eigenvalue weighted by atomic mass is 32.2. The van der Waals surface area contributed by atoms with Crippen molar-refractivity contribution in [1.82, 2.24) is 24.9 Å². The Balaban J connectivity index is 1.50. The average Bonchev–Trinajstić information content (AvgIpc) is 3.10. The molecule has 12 heteroatoms. The number of aryl methyl sites for hydroxylation is 1. The fourth-order valence-electron chi connectivity index (χ4n) is 4.40. The molecule has 3 heterocycles. The van der Waals surface area contributed by atoms with E-state index in [0.717, 1.165) is 11.1 Å². The molecule has 3 atom stereocenters. The first-order chi connectivity index (χ1) is 15.3. The fraction of sp³-hybridized carbons (Fsp3) is 0.450. The number of fused-ring (bicyclic) bond motifs is 2. The lowest BCUT2D eigenvalue weighted by Gasteiger charge is -2.21. The number of ether oxygens (including phenoxy) is 2. The highest BCUT2D eigenvalue weighted by Gasteiger charge is 2.57. The molecule has 3 N–H and O–H groups in total. The topological polar surface area (TPSA) is 134 Å². The lowest BCUT2D eigenvalue weighted by molar-refractivity contribution is 0.356. The van der Waals surface area contributed by atoms with Crippen LogP contribution in [0.5, 0.6) is 11.5 Å². The maximum Gasteiger partial charge on any atom is 0.227 e. The summed E-state index contributed by atoms with van der Waals surface area (Å²) in [4.78, 5) is 11.7. The van der Waals surface area contributed by atoms with Gasteiger partial charge in [0.15, 0.2) is 17.3 Å². The number of piperidine rings is 1. The number of benzene rings is 1. The predicted octanol–water partition coefficient (Wildman–Crippen LogP) is 1.41. The van der Waals surface area contributed by atoms with Crippen molar-refractivity contribution in [2.45, 2.75) is 13.0 Å². The third-order valence-corrected chi connectivity index (χ3v) is 6.67. The van der Waals surface area contributed by atoms with Crippen LogP contribution in [0.1, 0.15) is 5.69 Å². The number of hydrogen-bond donors (Lipinski definition) is 3. The molecule has 2 aromatic heterocycles. The van der Waals surface area contributed by atoms with Crippen LogP contribution >= 0.6 is 0 Å². The first kappa shape index (κ1) is 20.8. The molecule has 1 aliphatic carbocycles. The van der Waals surface area contributed by atoms with E-state index in [1.807, 2.05) is 25.1 Å². The molecule has 0 spiro atoms. The van der Waals surface area contributed by atoms with Gasteiger partial charge in [-0.05, 0) is 24.8 Å². The largest absolute Gasteiger partial charge is 0.493 e. The van der Waals surface area contributed by atoms with Crippen molar-refractivity contribution in [3.05, 3.63) is 23.9 Å². The second kappa shape index (κ2) is 7.48. The van der Waals surface area contributed by atoms with Gasteiger partial charge in [-0.25, -0.2) is 18.1 Å². The minimum atomic E-state index is -3.21. The van der Waals surface area contributed by atoms with Gasteiger partial charge in [0.1, 0.15) is 5.82 Å². The lowest BCUT2D eigenvalue weighted by Crippen LogP contribution is -2.34. The normalized spacial score (nSPS) is 22.1. The summed E-state index contributed by atoms with van der Waals surface area (Å²) < 4.78 is 36.7. The van der Waals surface area contributed by atoms with Gasteiger partial charge in [-0.15, -0.1) is 0 Å². The summed E-state index contributed by atoms with van der Waals surface area (Å²) in [7, 11) is -0.0454. The molecule has 1 saturated carbocycles. The molecule has 1 aliphatic heterocycles. The number of nitrogens with zero attached hydrogens (tertiary/aromatic N) is 4. The van der Waals surface area contributed by atoms with Gasteiger partial charge in [0.2, 0.25) is 16.0 Å². The Kier molecular flexibility index (Phi) is 4.86. The molecule has 0 bridgehead atoms. The van der Waals surface area contributed by atoms with Crippen LogP contribution in [0.2, 0.25) is 0 Å². The zero-order chi connectivity index (χ0) is 22.6. The first-order valence-electron chi connectivity index (χ1n) is 10.2. The number of aromatic amines is 1. The molecule has 11 nitrogen and oxygen atoms in total. The van der Waals surface area contributed by atoms with E-state index in [2.05, 4.69) is 25.1 Å². The zero-order valence-corrected chi connectivity index (χ0v) is 19.0. The van der Waals surface area contributed by atoms with Crippen LogP contribution in [0, 0.1) is 18.8 Å². The third kappa shape index (κ3) is 3.79. The molecule has 1 unspecified atom stereocenters. The number of hydrogen-bond acceptors (Lipinski definition) is 9. The Labute approximate surface area is 185 Å². The van der Waals surface area contributed by atoms with E-state index in [9.17, 15) is 8.42 Å². The van der Waals surface area contributed by atoms with E-state index in [1.165, 1.54) is 6.26 Å². The number of aromatic nitrogens is 4. The van der Waals surface area contributed by atoms with Gasteiger partial charge >= 0.3 is 0 Å². The lowest BCUT2D eigenvalue weighted by atomic mass is 10.2. The van der Waals surface area contributed by atoms with Crippen molar-refractivity contribution >= 4 is 38.5 Å². The van der Waals surface area contributed by atoms with Crippen molar-refractivity contribution in [3.63, 3.8) is 0 Å². The first-order valence-corrected chi connectivity index (χ1v) is 12.1. The number of sulfonamides is 1. The fourth-order valence-corrected chi connectivity index (χ4v) is 5.24. The maximum absolute atomic E-state index is 11.6. The van der Waals surface area contributed by atoms with Crippen LogP contribution in [0.3, 0.4) is 0 Å². The zero-order valence-electron chi connectivity index (χ0n) is 18.2. The predicted molar refractivity (Wildman–Crippen MR) is 120 cm³/mol. The molecule has 32 heavy (non-hydrogen) atoms. The highest BCUT2D eigenvalue weighted by molar-refractivity contribution is 7.88. The highest BCUT2D eigenvalue weighted by Crippen LogP contribution is 2.47. The molecular weight excluding hydrogens is 434 g/mol. The summed E-state index contributed by atoms with van der Waals surface area (Å²) in [5.41, 5.74) is 1.63. The Hall–Kier alpha value is -3.12. The monoisotopic (exact) mass is 459 g/mol. The van der Waals surface area contributed by atoms with E-state index in [-0.39, 0.29) is 17.9 Å². The molecule has 170 valence electrons. The van der Waals surface area contributed by atoms with Gasteiger partial charge in [0.25, 0.3) is 0 Å². The Morgan fingerprint density at radius 3 is 2.38 bits per heavy atom. The molecule has 2 fully saturated rings. The summed E-state index contributed by atoms with van der Waals surface area (Å²) in [5, 5.41) is 11.2. The van der Waals surface area contributed by atoms with Crippen LogP contribution in [0.15, 0.2) is 18.2 Å². The number of rotatable bonds is 7. The average molecular weight is 460 g/mol. The number of anilines is 3. The van der Waals surface area contributed by atoms with E-state index in [0.29, 0.717) is 47.7 Å². The summed E-state index contributed by atoms with van der Waals surface area (Å²) >= 11 is 0. The van der Waals surface area contributed by atoms with Crippen molar-refractivity contribution in [2.24, 2.45) is 11.8 Å². The van der Waals surface area contributed by atoms with Crippen LogP contribution in [0.4, 0.5) is 17.6 Å². The molecule has 2 aliphatic rings. The van der Waals surface area contributed by atoms with Gasteiger partial charge in [0, 0.05) is 42.3 Å². The van der Waals surface area contributed by atoms with Crippen molar-refractivity contribution in [2.75, 3.05) is 43.8 Å². The minimum absolute atomic E-state index is 0.00399. The molecule has 5 rings (SSSR count). The minimum Gasteiger partial charge on any atom is -0.493 e. The standard InChI is InChI=1S/C20H25N7O4S/c1-10-5-17(25-24-10)22-19-11-6-15(30-2)16(31-3)7-14(11)21-20(23-19)27-8-12-13(9-27)18(12)26-32(4,28)29/h5-7,12-13,18,26H,8-9H2,1-4H3,(H2,21,22,23,24,25)/t12-,13+,18?. The van der Waals surface area contributed by atoms with Gasteiger partial charge in [0.05, 0.1) is 26.0 Å². The quantitative estimate of drug-likeness (QED) is 0.479. The second-order valence-electron chi connectivity index (χ2n) is 8.31. The maximum atomic E-state index is 11.6. The second-order valence-corrected chi connectivity index (χ2v) is 10.1.